The summed E-state index contributed by atoms with van der Waals surface area (Å²) < 4.78 is 8.55. The fraction of sp³-hybridized carbons (Fsp3) is 0.261. The number of carbonyl (C=O) groups excluding carboxylic acids is 2. The SMILES string of the molecule is CCOc1ccc(C(=O)CCC(=O)Nc2c(C)n(C)n(-c3ccccc3)c2=O)cc1. The number of rotatable bonds is 8. The number of ether oxygens (including phenoxy) is 1. The maximum absolute atomic E-state index is 12.8. The van der Waals surface area contributed by atoms with Gasteiger partial charge >= 0.3 is 0 Å². The average Bonchev–Trinajstić information content (AvgIpc) is 2.96. The van der Waals surface area contributed by atoms with Gasteiger partial charge in [-0.15, -0.1) is 0 Å². The number of hydrogen-bond acceptors (Lipinski definition) is 4. The first-order valence-corrected chi connectivity index (χ1v) is 9.82. The Balaban J connectivity index is 1.67. The molecule has 0 radical (unpaired) electrons. The third-order valence-electron chi connectivity index (χ3n) is 4.89. The van der Waals surface area contributed by atoms with Crippen LogP contribution in [0, 0.1) is 6.92 Å². The summed E-state index contributed by atoms with van der Waals surface area (Å²) in [6, 6.07) is 16.0. The Morgan fingerprint density at radius 3 is 2.30 bits per heavy atom. The van der Waals surface area contributed by atoms with Gasteiger partial charge in [0.15, 0.2) is 5.78 Å². The lowest BCUT2D eigenvalue weighted by Crippen LogP contribution is -2.23. The molecule has 2 aromatic carbocycles. The van der Waals surface area contributed by atoms with E-state index in [1.165, 1.54) is 4.68 Å². The molecule has 0 aliphatic heterocycles. The molecule has 7 heteroatoms. The molecule has 0 fully saturated rings. The summed E-state index contributed by atoms with van der Waals surface area (Å²) in [5.41, 5.74) is 1.77. The van der Waals surface area contributed by atoms with Crippen LogP contribution in [0.2, 0.25) is 0 Å². The normalized spacial score (nSPS) is 10.6. The van der Waals surface area contributed by atoms with Crippen LogP contribution >= 0.6 is 0 Å². The minimum atomic E-state index is -0.375. The number of ketones is 1. The molecule has 156 valence electrons. The quantitative estimate of drug-likeness (QED) is 0.580. The molecule has 0 aliphatic carbocycles. The van der Waals surface area contributed by atoms with E-state index in [1.54, 1.807) is 42.9 Å². The van der Waals surface area contributed by atoms with Gasteiger partial charge in [0.05, 0.1) is 18.0 Å². The van der Waals surface area contributed by atoms with E-state index in [0.29, 0.717) is 29.3 Å². The second-order valence-electron chi connectivity index (χ2n) is 6.87. The minimum absolute atomic E-state index is 0.00877. The van der Waals surface area contributed by atoms with Gasteiger partial charge in [0, 0.05) is 25.5 Å². The van der Waals surface area contributed by atoms with Gasteiger partial charge in [-0.3, -0.25) is 19.1 Å². The number of Topliss-reactive ketones (excluding diaryl/α,β-unsaturated/α-hetero) is 1. The lowest BCUT2D eigenvalue weighted by Gasteiger charge is -2.07. The lowest BCUT2D eigenvalue weighted by atomic mass is 10.1. The van der Waals surface area contributed by atoms with Gasteiger partial charge in [-0.1, -0.05) is 18.2 Å². The number of anilines is 1. The number of aromatic nitrogens is 2. The van der Waals surface area contributed by atoms with Crippen LogP contribution < -0.4 is 15.6 Å². The van der Waals surface area contributed by atoms with Gasteiger partial charge in [0.2, 0.25) is 5.91 Å². The molecule has 0 atom stereocenters. The van der Waals surface area contributed by atoms with E-state index in [2.05, 4.69) is 5.32 Å². The Bertz CT molecular complexity index is 1100. The number of para-hydroxylation sites is 1. The zero-order valence-electron chi connectivity index (χ0n) is 17.3. The number of carbonyl (C=O) groups is 2. The maximum atomic E-state index is 12.8. The second kappa shape index (κ2) is 9.26. The zero-order valence-corrected chi connectivity index (χ0v) is 17.3. The molecule has 3 aromatic rings. The van der Waals surface area contributed by atoms with Crippen LogP contribution in [-0.2, 0) is 11.8 Å². The molecule has 1 heterocycles. The van der Waals surface area contributed by atoms with Crippen LogP contribution in [0.25, 0.3) is 5.69 Å². The third-order valence-corrected chi connectivity index (χ3v) is 4.89. The number of benzene rings is 2. The predicted octanol–water partition coefficient (Wildman–Crippen LogP) is 3.48. The second-order valence-corrected chi connectivity index (χ2v) is 6.87. The summed E-state index contributed by atoms with van der Waals surface area (Å²) in [5, 5.41) is 2.68. The lowest BCUT2D eigenvalue weighted by molar-refractivity contribution is -0.116. The summed E-state index contributed by atoms with van der Waals surface area (Å²) >= 11 is 0. The summed E-state index contributed by atoms with van der Waals surface area (Å²) in [4.78, 5) is 37.6. The van der Waals surface area contributed by atoms with Crippen molar-refractivity contribution in [2.75, 3.05) is 11.9 Å². The van der Waals surface area contributed by atoms with E-state index in [9.17, 15) is 14.4 Å². The molecule has 0 saturated carbocycles. The Morgan fingerprint density at radius 1 is 1.00 bits per heavy atom. The standard InChI is InChI=1S/C23H25N3O4/c1-4-30-19-12-10-17(11-13-19)20(27)14-15-21(28)24-22-16(2)25(3)26(23(22)29)18-8-6-5-7-9-18/h5-13H,4,14-15H2,1-3H3,(H,24,28). The largest absolute Gasteiger partial charge is 0.494 e. The predicted molar refractivity (Wildman–Crippen MR) is 116 cm³/mol. The molecular formula is C23H25N3O4. The highest BCUT2D eigenvalue weighted by Gasteiger charge is 2.18. The molecule has 0 aliphatic rings. The molecule has 0 unspecified atom stereocenters. The van der Waals surface area contributed by atoms with Gasteiger partial charge in [0.1, 0.15) is 11.4 Å². The molecule has 0 saturated heterocycles. The monoisotopic (exact) mass is 407 g/mol. The first-order chi connectivity index (χ1) is 14.4. The van der Waals surface area contributed by atoms with Crippen molar-refractivity contribution in [2.24, 2.45) is 7.05 Å². The minimum Gasteiger partial charge on any atom is -0.494 e. The zero-order chi connectivity index (χ0) is 21.7. The summed E-state index contributed by atoms with van der Waals surface area (Å²) in [6.07, 6.45) is 0.0454. The third kappa shape index (κ3) is 4.51. The molecule has 30 heavy (non-hydrogen) atoms. The van der Waals surface area contributed by atoms with Crippen molar-refractivity contribution in [1.82, 2.24) is 9.36 Å². The van der Waals surface area contributed by atoms with Crippen molar-refractivity contribution < 1.29 is 14.3 Å². The topological polar surface area (TPSA) is 82.3 Å². The van der Waals surface area contributed by atoms with E-state index < -0.39 is 0 Å². The Kier molecular flexibility index (Phi) is 6.51. The molecule has 7 nitrogen and oxygen atoms in total. The number of hydrogen-bond donors (Lipinski definition) is 1. The van der Waals surface area contributed by atoms with E-state index in [4.69, 9.17) is 4.74 Å². The molecule has 1 aromatic heterocycles. The highest BCUT2D eigenvalue weighted by molar-refractivity contribution is 6.00. The van der Waals surface area contributed by atoms with Gasteiger partial charge in [-0.2, -0.15) is 0 Å². The molecular weight excluding hydrogens is 382 g/mol. The molecule has 1 amide bonds. The highest BCUT2D eigenvalue weighted by Crippen LogP contribution is 2.16. The van der Waals surface area contributed by atoms with Gasteiger partial charge in [0.25, 0.3) is 5.56 Å². The average molecular weight is 407 g/mol. The van der Waals surface area contributed by atoms with E-state index in [-0.39, 0.29) is 35.8 Å². The van der Waals surface area contributed by atoms with Crippen molar-refractivity contribution in [3.8, 4) is 11.4 Å². The van der Waals surface area contributed by atoms with Gasteiger partial charge in [-0.05, 0) is 50.2 Å². The summed E-state index contributed by atoms with van der Waals surface area (Å²) in [7, 11) is 1.76. The van der Waals surface area contributed by atoms with Crippen LogP contribution in [0.1, 0.15) is 35.8 Å². The van der Waals surface area contributed by atoms with Gasteiger partial charge in [-0.25, -0.2) is 4.68 Å². The molecule has 0 bridgehead atoms. The van der Waals surface area contributed by atoms with E-state index in [0.717, 1.165) is 0 Å². The molecule has 1 N–H and O–H groups in total. The first kappa shape index (κ1) is 21.1. The fourth-order valence-corrected chi connectivity index (χ4v) is 3.19. The first-order valence-electron chi connectivity index (χ1n) is 9.82. The maximum Gasteiger partial charge on any atom is 0.295 e. The fourth-order valence-electron chi connectivity index (χ4n) is 3.19. The van der Waals surface area contributed by atoms with Crippen molar-refractivity contribution >= 4 is 17.4 Å². The van der Waals surface area contributed by atoms with E-state index in [1.807, 2.05) is 37.3 Å². The van der Waals surface area contributed by atoms with Crippen LogP contribution in [0.5, 0.6) is 5.75 Å². The summed E-state index contributed by atoms with van der Waals surface area (Å²) in [6.45, 7) is 4.21. The van der Waals surface area contributed by atoms with Gasteiger partial charge < -0.3 is 10.1 Å². The smallest absolute Gasteiger partial charge is 0.295 e. The molecule has 0 spiro atoms. The van der Waals surface area contributed by atoms with Crippen LogP contribution in [0.4, 0.5) is 5.69 Å². The van der Waals surface area contributed by atoms with Crippen LogP contribution in [0.15, 0.2) is 59.4 Å². The van der Waals surface area contributed by atoms with Crippen molar-refractivity contribution in [3.05, 3.63) is 76.2 Å². The van der Waals surface area contributed by atoms with Crippen molar-refractivity contribution in [1.29, 1.82) is 0 Å². The Morgan fingerprint density at radius 2 is 1.67 bits per heavy atom. The Labute approximate surface area is 174 Å². The Hall–Kier alpha value is -3.61. The number of amides is 1. The van der Waals surface area contributed by atoms with Crippen LogP contribution in [-0.4, -0.2) is 27.7 Å². The molecule has 3 rings (SSSR count). The number of nitrogens with one attached hydrogen (secondary N) is 1. The van der Waals surface area contributed by atoms with Crippen molar-refractivity contribution in [3.63, 3.8) is 0 Å². The summed E-state index contributed by atoms with van der Waals surface area (Å²) in [5.74, 6) is 0.181. The van der Waals surface area contributed by atoms with Crippen LogP contribution in [0.3, 0.4) is 0 Å². The number of nitrogens with zero attached hydrogens (tertiary/aromatic N) is 2. The van der Waals surface area contributed by atoms with Crippen molar-refractivity contribution in [2.45, 2.75) is 26.7 Å². The van der Waals surface area contributed by atoms with E-state index >= 15 is 0 Å². The highest BCUT2D eigenvalue weighted by atomic mass is 16.5.